The van der Waals surface area contributed by atoms with E-state index in [0.717, 1.165) is 19.4 Å². The van der Waals surface area contributed by atoms with E-state index >= 15 is 0 Å². The van der Waals surface area contributed by atoms with Crippen LogP contribution in [0, 0.1) is 17.2 Å². The smallest absolute Gasteiger partial charge is 0.109 e. The van der Waals surface area contributed by atoms with Gasteiger partial charge in [-0.3, -0.25) is 5.32 Å². The molecule has 1 aliphatic carbocycles. The van der Waals surface area contributed by atoms with Gasteiger partial charge in [-0.25, -0.2) is 0 Å². The first-order chi connectivity index (χ1) is 9.04. The Hall–Kier alpha value is -0.590. The minimum absolute atomic E-state index is 0.264. The molecular formula is C16H31N3. The molecule has 0 bridgehead atoms. The number of nitriles is 1. The Kier molecular flexibility index (Phi) is 6.82. The van der Waals surface area contributed by atoms with Gasteiger partial charge in [0.1, 0.15) is 5.54 Å². The fourth-order valence-electron chi connectivity index (χ4n) is 3.27. The van der Waals surface area contributed by atoms with Gasteiger partial charge >= 0.3 is 0 Å². The molecule has 0 heterocycles. The summed E-state index contributed by atoms with van der Waals surface area (Å²) in [6, 6.07) is 2.98. The lowest BCUT2D eigenvalue weighted by Crippen LogP contribution is -2.50. The van der Waals surface area contributed by atoms with Crippen molar-refractivity contribution in [2.24, 2.45) is 5.92 Å². The van der Waals surface area contributed by atoms with Crippen LogP contribution in [0.1, 0.15) is 59.3 Å². The van der Waals surface area contributed by atoms with Crippen LogP contribution in [0.25, 0.3) is 0 Å². The van der Waals surface area contributed by atoms with Gasteiger partial charge in [0, 0.05) is 6.04 Å². The standard InChI is InChI=1S/C16H31N3/c1-5-6-11-19(4)12-9-15-8-7-10-16(15,13-17)18-14(2)3/h14-15,18H,5-12H2,1-4H3. The molecule has 2 atom stereocenters. The van der Waals surface area contributed by atoms with Crippen molar-refractivity contribution in [3.05, 3.63) is 0 Å². The van der Waals surface area contributed by atoms with Gasteiger partial charge in [0.25, 0.3) is 0 Å². The zero-order valence-electron chi connectivity index (χ0n) is 13.2. The summed E-state index contributed by atoms with van der Waals surface area (Å²) in [5.41, 5.74) is -0.264. The minimum Gasteiger partial charge on any atom is -0.306 e. The molecule has 19 heavy (non-hydrogen) atoms. The van der Waals surface area contributed by atoms with E-state index in [-0.39, 0.29) is 5.54 Å². The van der Waals surface area contributed by atoms with Crippen LogP contribution in [0.5, 0.6) is 0 Å². The number of hydrogen-bond donors (Lipinski definition) is 1. The van der Waals surface area contributed by atoms with Crippen molar-refractivity contribution in [1.29, 1.82) is 5.26 Å². The zero-order chi connectivity index (χ0) is 14.3. The third-order valence-electron chi connectivity index (χ3n) is 4.32. The first kappa shape index (κ1) is 16.5. The van der Waals surface area contributed by atoms with Crippen LogP contribution in [0.3, 0.4) is 0 Å². The maximum Gasteiger partial charge on any atom is 0.109 e. The molecule has 0 radical (unpaired) electrons. The van der Waals surface area contributed by atoms with Gasteiger partial charge < -0.3 is 4.90 Å². The van der Waals surface area contributed by atoms with Crippen LogP contribution < -0.4 is 5.32 Å². The van der Waals surface area contributed by atoms with Crippen molar-refractivity contribution in [1.82, 2.24) is 10.2 Å². The lowest BCUT2D eigenvalue weighted by atomic mass is 9.85. The monoisotopic (exact) mass is 265 g/mol. The molecule has 2 unspecified atom stereocenters. The van der Waals surface area contributed by atoms with Crippen molar-refractivity contribution in [2.45, 2.75) is 70.9 Å². The maximum atomic E-state index is 9.62. The molecular weight excluding hydrogens is 234 g/mol. The Labute approximate surface area is 119 Å². The van der Waals surface area contributed by atoms with Crippen molar-refractivity contribution < 1.29 is 0 Å². The van der Waals surface area contributed by atoms with Gasteiger partial charge in [-0.2, -0.15) is 5.26 Å². The van der Waals surface area contributed by atoms with Gasteiger partial charge in [-0.1, -0.05) is 19.8 Å². The quantitative estimate of drug-likeness (QED) is 0.732. The molecule has 1 fully saturated rings. The molecule has 0 aromatic rings. The molecule has 3 nitrogen and oxygen atoms in total. The number of nitrogens with zero attached hydrogens (tertiary/aromatic N) is 2. The topological polar surface area (TPSA) is 39.1 Å². The third kappa shape index (κ3) is 4.78. The van der Waals surface area contributed by atoms with E-state index in [1.165, 1.54) is 32.2 Å². The van der Waals surface area contributed by atoms with E-state index < -0.39 is 0 Å². The highest BCUT2D eigenvalue weighted by Crippen LogP contribution is 2.38. The molecule has 0 amide bonds. The van der Waals surface area contributed by atoms with Crippen LogP contribution in [0.15, 0.2) is 0 Å². The molecule has 0 aromatic carbocycles. The Bertz CT molecular complexity index is 295. The zero-order valence-corrected chi connectivity index (χ0v) is 13.2. The van der Waals surface area contributed by atoms with Crippen LogP contribution in [0.4, 0.5) is 0 Å². The Balaban J connectivity index is 2.49. The first-order valence-electron chi connectivity index (χ1n) is 7.91. The third-order valence-corrected chi connectivity index (χ3v) is 4.32. The lowest BCUT2D eigenvalue weighted by Gasteiger charge is -2.33. The second-order valence-corrected chi connectivity index (χ2v) is 6.42. The molecule has 1 N–H and O–H groups in total. The Morgan fingerprint density at radius 3 is 2.74 bits per heavy atom. The fourth-order valence-corrected chi connectivity index (χ4v) is 3.27. The summed E-state index contributed by atoms with van der Waals surface area (Å²) in [4.78, 5) is 2.42. The lowest BCUT2D eigenvalue weighted by molar-refractivity contribution is 0.238. The molecule has 110 valence electrons. The van der Waals surface area contributed by atoms with E-state index in [1.807, 2.05) is 0 Å². The highest BCUT2D eigenvalue weighted by molar-refractivity contribution is 5.14. The van der Waals surface area contributed by atoms with Crippen LogP contribution in [-0.2, 0) is 0 Å². The summed E-state index contributed by atoms with van der Waals surface area (Å²) in [7, 11) is 2.20. The Morgan fingerprint density at radius 2 is 2.16 bits per heavy atom. The maximum absolute atomic E-state index is 9.62. The Morgan fingerprint density at radius 1 is 1.42 bits per heavy atom. The molecule has 1 aliphatic rings. The minimum atomic E-state index is -0.264. The summed E-state index contributed by atoms with van der Waals surface area (Å²) in [5.74, 6) is 0.518. The van der Waals surface area contributed by atoms with Gasteiger partial charge in [-0.15, -0.1) is 0 Å². The summed E-state index contributed by atoms with van der Waals surface area (Å²) < 4.78 is 0. The van der Waals surface area contributed by atoms with Gasteiger partial charge in [0.15, 0.2) is 0 Å². The highest BCUT2D eigenvalue weighted by Gasteiger charge is 2.43. The summed E-state index contributed by atoms with van der Waals surface area (Å²) >= 11 is 0. The molecule has 1 rings (SSSR count). The van der Waals surface area contributed by atoms with E-state index in [2.05, 4.69) is 44.1 Å². The molecule has 0 spiro atoms. The van der Waals surface area contributed by atoms with Gasteiger partial charge in [0.2, 0.25) is 0 Å². The molecule has 0 saturated heterocycles. The second kappa shape index (κ2) is 7.87. The van der Waals surface area contributed by atoms with Gasteiger partial charge in [-0.05, 0) is 65.6 Å². The number of nitrogens with one attached hydrogen (secondary N) is 1. The van der Waals surface area contributed by atoms with Crippen molar-refractivity contribution in [3.63, 3.8) is 0 Å². The first-order valence-corrected chi connectivity index (χ1v) is 7.91. The number of hydrogen-bond acceptors (Lipinski definition) is 3. The van der Waals surface area contributed by atoms with E-state index in [4.69, 9.17) is 0 Å². The normalized spacial score (nSPS) is 27.1. The summed E-state index contributed by atoms with van der Waals surface area (Å²) in [5, 5.41) is 13.2. The van der Waals surface area contributed by atoms with Crippen molar-refractivity contribution in [3.8, 4) is 6.07 Å². The molecule has 3 heteroatoms. The SMILES string of the molecule is CCCCN(C)CCC1CCCC1(C#N)NC(C)C. The summed E-state index contributed by atoms with van der Waals surface area (Å²) in [6.07, 6.45) is 7.09. The second-order valence-electron chi connectivity index (χ2n) is 6.42. The average Bonchev–Trinajstić information content (AvgIpc) is 2.76. The molecule has 0 aliphatic heterocycles. The molecule has 1 saturated carbocycles. The predicted octanol–water partition coefficient (Wildman–Crippen LogP) is 3.17. The van der Waals surface area contributed by atoms with Crippen LogP contribution in [-0.4, -0.2) is 36.6 Å². The highest BCUT2D eigenvalue weighted by atomic mass is 15.1. The van der Waals surface area contributed by atoms with E-state index in [1.54, 1.807) is 0 Å². The van der Waals surface area contributed by atoms with Crippen molar-refractivity contribution in [2.75, 3.05) is 20.1 Å². The summed E-state index contributed by atoms with van der Waals surface area (Å²) in [6.45, 7) is 8.82. The number of unbranched alkanes of at least 4 members (excludes halogenated alkanes) is 1. The predicted molar refractivity (Wildman–Crippen MR) is 81.0 cm³/mol. The van der Waals surface area contributed by atoms with E-state index in [0.29, 0.717) is 12.0 Å². The van der Waals surface area contributed by atoms with Gasteiger partial charge in [0.05, 0.1) is 6.07 Å². The van der Waals surface area contributed by atoms with Crippen LogP contribution in [0.2, 0.25) is 0 Å². The van der Waals surface area contributed by atoms with Crippen LogP contribution >= 0.6 is 0 Å². The molecule has 0 aromatic heterocycles. The number of rotatable bonds is 8. The van der Waals surface area contributed by atoms with Crippen molar-refractivity contribution >= 4 is 0 Å². The average molecular weight is 265 g/mol. The van der Waals surface area contributed by atoms with E-state index in [9.17, 15) is 5.26 Å². The largest absolute Gasteiger partial charge is 0.306 e. The fraction of sp³-hybridized carbons (Fsp3) is 0.938.